The number of piperidine rings is 1. The van der Waals surface area contributed by atoms with E-state index in [9.17, 15) is 4.79 Å². The lowest BCUT2D eigenvalue weighted by Crippen LogP contribution is -2.40. The summed E-state index contributed by atoms with van der Waals surface area (Å²) in [5.41, 5.74) is 6.27. The minimum atomic E-state index is 0.0438. The van der Waals surface area contributed by atoms with Crippen molar-refractivity contribution in [2.75, 3.05) is 41.8 Å². The molecule has 6 rings (SSSR count). The summed E-state index contributed by atoms with van der Waals surface area (Å²) in [7, 11) is 2.02. The Kier molecular flexibility index (Phi) is 9.61. The number of carbonyl (C=O) groups is 1. The highest BCUT2D eigenvalue weighted by Crippen LogP contribution is 2.27. The first kappa shape index (κ1) is 30.2. The highest BCUT2D eigenvalue weighted by molar-refractivity contribution is 5.95. The van der Waals surface area contributed by atoms with Gasteiger partial charge >= 0.3 is 0 Å². The topological polar surface area (TPSA) is 86.3 Å². The standard InChI is InChI=1S/C37H41N7O/c1-27-11-16-33-34(24-27)41-37(43(2)23-19-31-10-6-7-20-39-31)42-35(33)40-25-28-12-14-32(15-13-28)44(26-29-8-4-3-5-9-29)36(45)30-17-21-38-22-18-30/h3-16,20,24,30,38H,17-19,21-23,25-26H2,1-2H3,(H,40,41,42). The normalized spacial score (nSPS) is 13.5. The molecule has 0 unspecified atom stereocenters. The lowest BCUT2D eigenvalue weighted by Gasteiger charge is -2.30. The molecule has 0 bridgehead atoms. The average Bonchev–Trinajstić information content (AvgIpc) is 3.09. The van der Waals surface area contributed by atoms with Crippen molar-refractivity contribution in [1.82, 2.24) is 20.3 Å². The van der Waals surface area contributed by atoms with E-state index in [2.05, 4.69) is 82.0 Å². The molecule has 0 atom stereocenters. The van der Waals surface area contributed by atoms with Crippen LogP contribution in [0.4, 0.5) is 17.5 Å². The molecular formula is C37H41N7O. The molecule has 5 aromatic rings. The van der Waals surface area contributed by atoms with Gasteiger partial charge < -0.3 is 20.4 Å². The summed E-state index contributed by atoms with van der Waals surface area (Å²) in [6, 6.07) is 30.8. The van der Waals surface area contributed by atoms with Gasteiger partial charge in [-0.3, -0.25) is 9.78 Å². The summed E-state index contributed by atoms with van der Waals surface area (Å²) in [6.07, 6.45) is 4.38. The predicted octanol–water partition coefficient (Wildman–Crippen LogP) is 6.16. The molecule has 1 aliphatic rings. The van der Waals surface area contributed by atoms with Gasteiger partial charge in [0.15, 0.2) is 0 Å². The monoisotopic (exact) mass is 599 g/mol. The molecule has 45 heavy (non-hydrogen) atoms. The van der Waals surface area contributed by atoms with E-state index in [1.165, 1.54) is 0 Å². The number of nitrogens with one attached hydrogen (secondary N) is 2. The molecule has 0 radical (unpaired) electrons. The lowest BCUT2D eigenvalue weighted by molar-refractivity contribution is -0.123. The van der Waals surface area contributed by atoms with E-state index in [1.807, 2.05) is 54.5 Å². The molecule has 3 aromatic carbocycles. The fraction of sp³-hybridized carbons (Fsp3) is 0.297. The van der Waals surface area contributed by atoms with Crippen LogP contribution >= 0.6 is 0 Å². The molecule has 3 heterocycles. The third-order valence-electron chi connectivity index (χ3n) is 8.46. The van der Waals surface area contributed by atoms with Crippen molar-refractivity contribution in [3.63, 3.8) is 0 Å². The van der Waals surface area contributed by atoms with Crippen LogP contribution in [-0.4, -0.2) is 47.5 Å². The largest absolute Gasteiger partial charge is 0.365 e. The molecule has 0 saturated carbocycles. The van der Waals surface area contributed by atoms with Crippen LogP contribution in [0.2, 0.25) is 0 Å². The van der Waals surface area contributed by atoms with Crippen LogP contribution in [0.5, 0.6) is 0 Å². The van der Waals surface area contributed by atoms with Gasteiger partial charge in [0, 0.05) is 55.4 Å². The van der Waals surface area contributed by atoms with Gasteiger partial charge in [0.25, 0.3) is 0 Å². The molecular weight excluding hydrogens is 558 g/mol. The third-order valence-corrected chi connectivity index (χ3v) is 8.46. The molecule has 1 fully saturated rings. The number of pyridine rings is 1. The number of anilines is 3. The number of fused-ring (bicyclic) bond motifs is 1. The number of aromatic nitrogens is 3. The van der Waals surface area contributed by atoms with Gasteiger partial charge in [0.1, 0.15) is 5.82 Å². The lowest BCUT2D eigenvalue weighted by atomic mass is 9.96. The van der Waals surface area contributed by atoms with E-state index in [1.54, 1.807) is 0 Å². The Labute approximate surface area is 265 Å². The van der Waals surface area contributed by atoms with Gasteiger partial charge in [-0.25, -0.2) is 4.98 Å². The van der Waals surface area contributed by atoms with Gasteiger partial charge in [-0.05, 0) is 85.9 Å². The number of carbonyl (C=O) groups excluding carboxylic acids is 1. The highest BCUT2D eigenvalue weighted by Gasteiger charge is 2.27. The fourth-order valence-corrected chi connectivity index (χ4v) is 5.79. The van der Waals surface area contributed by atoms with Crippen LogP contribution in [0.1, 0.15) is 35.2 Å². The molecule has 2 N–H and O–H groups in total. The van der Waals surface area contributed by atoms with Crippen LogP contribution in [0.25, 0.3) is 10.9 Å². The maximum absolute atomic E-state index is 13.7. The Morgan fingerprint density at radius 2 is 1.69 bits per heavy atom. The van der Waals surface area contributed by atoms with Gasteiger partial charge in [-0.15, -0.1) is 0 Å². The van der Waals surface area contributed by atoms with E-state index < -0.39 is 0 Å². The summed E-state index contributed by atoms with van der Waals surface area (Å²) < 4.78 is 0. The Hall–Kier alpha value is -4.82. The molecule has 230 valence electrons. The van der Waals surface area contributed by atoms with E-state index in [0.717, 1.165) is 83.7 Å². The Bertz CT molecular complexity index is 1700. The van der Waals surface area contributed by atoms with Crippen LogP contribution in [0, 0.1) is 12.8 Å². The van der Waals surface area contributed by atoms with Gasteiger partial charge in [0.2, 0.25) is 11.9 Å². The van der Waals surface area contributed by atoms with Crippen molar-refractivity contribution in [3.05, 3.63) is 120 Å². The molecule has 0 spiro atoms. The van der Waals surface area contributed by atoms with Crippen molar-refractivity contribution in [2.24, 2.45) is 5.92 Å². The van der Waals surface area contributed by atoms with E-state index >= 15 is 0 Å². The predicted molar refractivity (Wildman–Crippen MR) is 182 cm³/mol. The molecule has 1 amide bonds. The summed E-state index contributed by atoms with van der Waals surface area (Å²) in [4.78, 5) is 32.1. The molecule has 1 saturated heterocycles. The van der Waals surface area contributed by atoms with Crippen LogP contribution in [0.15, 0.2) is 97.2 Å². The van der Waals surface area contributed by atoms with E-state index in [0.29, 0.717) is 19.0 Å². The first-order chi connectivity index (χ1) is 22.0. The summed E-state index contributed by atoms with van der Waals surface area (Å²) in [6.45, 7) is 5.77. The van der Waals surface area contributed by atoms with Gasteiger partial charge in [-0.1, -0.05) is 54.6 Å². The second-order valence-corrected chi connectivity index (χ2v) is 11.8. The number of amides is 1. The maximum atomic E-state index is 13.7. The minimum absolute atomic E-state index is 0.0438. The average molecular weight is 600 g/mol. The molecule has 1 aliphatic heterocycles. The summed E-state index contributed by atoms with van der Waals surface area (Å²) in [5.74, 6) is 1.72. The molecule has 2 aromatic heterocycles. The molecule has 8 heteroatoms. The first-order valence-electron chi connectivity index (χ1n) is 15.8. The number of rotatable bonds is 11. The fourth-order valence-electron chi connectivity index (χ4n) is 5.79. The highest BCUT2D eigenvalue weighted by atomic mass is 16.2. The van der Waals surface area contributed by atoms with E-state index in [4.69, 9.17) is 9.97 Å². The van der Waals surface area contributed by atoms with Gasteiger partial charge in [0.05, 0.1) is 12.1 Å². The Morgan fingerprint density at radius 1 is 0.911 bits per heavy atom. The zero-order valence-corrected chi connectivity index (χ0v) is 26.1. The number of hydrogen-bond donors (Lipinski definition) is 2. The quantitative estimate of drug-likeness (QED) is 0.188. The van der Waals surface area contributed by atoms with Crippen molar-refractivity contribution in [1.29, 1.82) is 0 Å². The van der Waals surface area contributed by atoms with Crippen LogP contribution in [0.3, 0.4) is 0 Å². The first-order valence-corrected chi connectivity index (χ1v) is 15.8. The van der Waals surface area contributed by atoms with Crippen molar-refractivity contribution in [2.45, 2.75) is 39.3 Å². The second kappa shape index (κ2) is 14.3. The molecule has 8 nitrogen and oxygen atoms in total. The van der Waals surface area contributed by atoms with Crippen LogP contribution in [-0.2, 0) is 24.3 Å². The minimum Gasteiger partial charge on any atom is -0.365 e. The zero-order chi connectivity index (χ0) is 31.0. The summed E-state index contributed by atoms with van der Waals surface area (Å²) >= 11 is 0. The number of benzene rings is 3. The van der Waals surface area contributed by atoms with E-state index in [-0.39, 0.29) is 11.8 Å². The number of hydrogen-bond acceptors (Lipinski definition) is 7. The Morgan fingerprint density at radius 3 is 2.44 bits per heavy atom. The SMILES string of the molecule is Cc1ccc2c(NCc3ccc(N(Cc4ccccc4)C(=O)C4CCNCC4)cc3)nc(N(C)CCc3ccccn3)nc2c1. The number of nitrogens with zero attached hydrogens (tertiary/aromatic N) is 5. The number of aryl methyl sites for hydroxylation is 1. The number of likely N-dealkylation sites (N-methyl/N-ethyl adjacent to an activating group) is 1. The van der Waals surface area contributed by atoms with Crippen LogP contribution < -0.4 is 20.4 Å². The molecule has 0 aliphatic carbocycles. The van der Waals surface area contributed by atoms with Crippen molar-refractivity contribution in [3.8, 4) is 0 Å². The zero-order valence-electron chi connectivity index (χ0n) is 26.1. The van der Waals surface area contributed by atoms with Gasteiger partial charge in [-0.2, -0.15) is 4.98 Å². The third kappa shape index (κ3) is 7.64. The maximum Gasteiger partial charge on any atom is 0.230 e. The Balaban J connectivity index is 1.19. The van der Waals surface area contributed by atoms with Crippen molar-refractivity contribution < 1.29 is 4.79 Å². The smallest absolute Gasteiger partial charge is 0.230 e. The second-order valence-electron chi connectivity index (χ2n) is 11.8. The summed E-state index contributed by atoms with van der Waals surface area (Å²) in [5, 5.41) is 7.94. The van der Waals surface area contributed by atoms with Crippen molar-refractivity contribution >= 4 is 34.3 Å².